The highest BCUT2D eigenvalue weighted by Gasteiger charge is 2.20. The Balaban J connectivity index is 2.32. The summed E-state index contributed by atoms with van der Waals surface area (Å²) in [6, 6.07) is 0. The van der Waals surface area contributed by atoms with Gasteiger partial charge in [0.1, 0.15) is 0 Å². The molecule has 1 unspecified atom stereocenters. The van der Waals surface area contributed by atoms with Crippen LogP contribution < -0.4 is 5.32 Å². The van der Waals surface area contributed by atoms with Crippen molar-refractivity contribution in [2.75, 3.05) is 20.3 Å². The van der Waals surface area contributed by atoms with Crippen LogP contribution in [0.5, 0.6) is 0 Å². The van der Waals surface area contributed by atoms with E-state index in [0.717, 1.165) is 10.7 Å². The summed E-state index contributed by atoms with van der Waals surface area (Å²) in [7, 11) is 1.58. The highest BCUT2D eigenvalue weighted by molar-refractivity contribution is 7.09. The number of carbonyl (C=O) groups excluding carboxylic acids is 1. The average molecular weight is 272 g/mol. The summed E-state index contributed by atoms with van der Waals surface area (Å²) in [5.74, 6) is -0.127. The first-order valence-corrected chi connectivity index (χ1v) is 6.70. The summed E-state index contributed by atoms with van der Waals surface area (Å²) in [5.41, 5.74) is -0.171. The van der Waals surface area contributed by atoms with E-state index in [0.29, 0.717) is 13.0 Å². The molecular formula is C12H20N2O3S. The maximum absolute atomic E-state index is 11.7. The fourth-order valence-corrected chi connectivity index (χ4v) is 2.03. The number of nitrogens with one attached hydrogen (secondary N) is 1. The molecule has 0 bridgehead atoms. The topological polar surface area (TPSA) is 71.5 Å². The van der Waals surface area contributed by atoms with Crippen molar-refractivity contribution in [2.24, 2.45) is 0 Å². The predicted molar refractivity (Wildman–Crippen MR) is 70.7 cm³/mol. The normalized spacial score (nSPS) is 14.2. The maximum atomic E-state index is 11.7. The Labute approximate surface area is 111 Å². The lowest BCUT2D eigenvalue weighted by Crippen LogP contribution is -2.41. The van der Waals surface area contributed by atoms with Crippen LogP contribution in [0.25, 0.3) is 0 Å². The third-order valence-corrected chi connectivity index (χ3v) is 3.34. The van der Waals surface area contributed by atoms with Crippen molar-refractivity contribution in [3.05, 3.63) is 16.1 Å². The van der Waals surface area contributed by atoms with E-state index in [4.69, 9.17) is 4.74 Å². The first kappa shape index (κ1) is 15.1. The molecule has 1 aromatic rings. The van der Waals surface area contributed by atoms with E-state index >= 15 is 0 Å². The first-order chi connectivity index (χ1) is 8.43. The molecule has 0 aliphatic heterocycles. The number of hydrogen-bond acceptors (Lipinski definition) is 5. The van der Waals surface area contributed by atoms with Crippen molar-refractivity contribution in [3.63, 3.8) is 0 Å². The van der Waals surface area contributed by atoms with E-state index in [1.807, 2.05) is 12.3 Å². The van der Waals surface area contributed by atoms with Gasteiger partial charge in [-0.2, -0.15) is 0 Å². The van der Waals surface area contributed by atoms with Crippen molar-refractivity contribution in [3.8, 4) is 0 Å². The highest BCUT2D eigenvalue weighted by Crippen LogP contribution is 2.09. The first-order valence-electron chi connectivity index (χ1n) is 5.82. The van der Waals surface area contributed by atoms with Crippen molar-refractivity contribution >= 4 is 17.2 Å². The lowest BCUT2D eigenvalue weighted by molar-refractivity contribution is -0.121. The summed E-state index contributed by atoms with van der Waals surface area (Å²) in [4.78, 5) is 15.9. The van der Waals surface area contributed by atoms with Gasteiger partial charge in [-0.15, -0.1) is 11.3 Å². The second kappa shape index (κ2) is 6.82. The minimum absolute atomic E-state index is 0.127. The van der Waals surface area contributed by atoms with E-state index in [-0.39, 0.29) is 18.9 Å². The fraction of sp³-hybridized carbons (Fsp3) is 0.667. The summed E-state index contributed by atoms with van der Waals surface area (Å²) in [6.45, 7) is 4.27. The third-order valence-electron chi connectivity index (χ3n) is 2.52. The monoisotopic (exact) mass is 272 g/mol. The lowest BCUT2D eigenvalue weighted by Gasteiger charge is -2.23. The fourth-order valence-electron chi connectivity index (χ4n) is 1.42. The highest BCUT2D eigenvalue weighted by atomic mass is 32.1. The van der Waals surface area contributed by atoms with E-state index < -0.39 is 5.60 Å². The zero-order valence-electron chi connectivity index (χ0n) is 11.0. The molecular weight excluding hydrogens is 252 g/mol. The zero-order chi connectivity index (χ0) is 13.6. The zero-order valence-corrected chi connectivity index (χ0v) is 11.8. The Morgan fingerprint density at radius 1 is 1.67 bits per heavy atom. The molecule has 6 heteroatoms. The van der Waals surface area contributed by atoms with Crippen LogP contribution in [0.15, 0.2) is 5.38 Å². The third kappa shape index (κ3) is 5.57. The summed E-state index contributed by atoms with van der Waals surface area (Å²) >= 11 is 1.52. The molecule has 2 N–H and O–H groups in total. The molecule has 18 heavy (non-hydrogen) atoms. The minimum atomic E-state index is -0.941. The van der Waals surface area contributed by atoms with Crippen molar-refractivity contribution in [2.45, 2.75) is 32.3 Å². The van der Waals surface area contributed by atoms with Gasteiger partial charge in [-0.25, -0.2) is 4.98 Å². The molecule has 0 aliphatic carbocycles. The average Bonchev–Trinajstić information content (AvgIpc) is 2.70. The van der Waals surface area contributed by atoms with Crippen molar-refractivity contribution in [1.82, 2.24) is 10.3 Å². The van der Waals surface area contributed by atoms with Gasteiger partial charge in [-0.05, 0) is 13.8 Å². The molecule has 0 radical (unpaired) electrons. The number of aliphatic hydroxyl groups is 1. The van der Waals surface area contributed by atoms with Gasteiger partial charge in [0, 0.05) is 32.1 Å². The van der Waals surface area contributed by atoms with Gasteiger partial charge in [0.25, 0.3) is 0 Å². The molecule has 1 atom stereocenters. The Kier molecular flexibility index (Phi) is 5.71. The Bertz CT molecular complexity index is 390. The van der Waals surface area contributed by atoms with Crippen LogP contribution in [-0.2, 0) is 16.0 Å². The number of methoxy groups -OCH3 is 1. The number of carbonyl (C=O) groups is 1. The lowest BCUT2D eigenvalue weighted by atomic mass is 10.0. The van der Waals surface area contributed by atoms with E-state index in [9.17, 15) is 9.90 Å². The van der Waals surface area contributed by atoms with E-state index in [1.165, 1.54) is 11.3 Å². The summed E-state index contributed by atoms with van der Waals surface area (Å²) < 4.78 is 4.90. The van der Waals surface area contributed by atoms with Gasteiger partial charge in [0.05, 0.1) is 22.7 Å². The van der Waals surface area contributed by atoms with Crippen LogP contribution in [0.3, 0.4) is 0 Å². The van der Waals surface area contributed by atoms with Crippen LogP contribution in [0.4, 0.5) is 0 Å². The number of ether oxygens (including phenoxy) is 1. The Hall–Kier alpha value is -0.980. The number of hydrogen-bond donors (Lipinski definition) is 2. The van der Waals surface area contributed by atoms with Crippen LogP contribution in [0, 0.1) is 6.92 Å². The number of rotatable bonds is 7. The molecule has 0 aliphatic rings. The van der Waals surface area contributed by atoms with Gasteiger partial charge >= 0.3 is 0 Å². The number of amides is 1. The molecule has 0 spiro atoms. The summed E-state index contributed by atoms with van der Waals surface area (Å²) in [6.07, 6.45) is 0.740. The maximum Gasteiger partial charge on any atom is 0.226 e. The standard InChI is InChI=1S/C12H20N2O3S/c1-9-14-10(7-18-9)6-11(15)13-8-12(2,16)4-5-17-3/h7,16H,4-6,8H2,1-3H3,(H,13,15). The quantitative estimate of drug-likeness (QED) is 0.773. The Morgan fingerprint density at radius 3 is 2.94 bits per heavy atom. The molecule has 0 fully saturated rings. The molecule has 1 amide bonds. The predicted octanol–water partition coefficient (Wildman–Crippen LogP) is 0.898. The molecule has 0 saturated heterocycles. The minimum Gasteiger partial charge on any atom is -0.388 e. The number of aromatic nitrogens is 1. The molecule has 0 aromatic carbocycles. The van der Waals surface area contributed by atoms with Crippen LogP contribution in [0.1, 0.15) is 24.0 Å². The van der Waals surface area contributed by atoms with Gasteiger partial charge < -0.3 is 15.2 Å². The largest absolute Gasteiger partial charge is 0.388 e. The second-order valence-electron chi connectivity index (χ2n) is 4.55. The second-order valence-corrected chi connectivity index (χ2v) is 5.61. The molecule has 1 rings (SSSR count). The van der Waals surface area contributed by atoms with Gasteiger partial charge in [-0.3, -0.25) is 4.79 Å². The van der Waals surface area contributed by atoms with Crippen LogP contribution >= 0.6 is 11.3 Å². The molecule has 102 valence electrons. The molecule has 1 heterocycles. The van der Waals surface area contributed by atoms with Crippen LogP contribution in [0.2, 0.25) is 0 Å². The molecule has 5 nitrogen and oxygen atoms in total. The van der Waals surface area contributed by atoms with Gasteiger partial charge in [0.2, 0.25) is 5.91 Å². The molecule has 1 aromatic heterocycles. The van der Waals surface area contributed by atoms with Crippen molar-refractivity contribution < 1.29 is 14.6 Å². The number of nitrogens with zero attached hydrogens (tertiary/aromatic N) is 1. The Morgan fingerprint density at radius 2 is 2.39 bits per heavy atom. The molecule has 0 saturated carbocycles. The van der Waals surface area contributed by atoms with Crippen molar-refractivity contribution in [1.29, 1.82) is 0 Å². The van der Waals surface area contributed by atoms with E-state index in [1.54, 1.807) is 14.0 Å². The van der Waals surface area contributed by atoms with Gasteiger partial charge in [-0.1, -0.05) is 0 Å². The van der Waals surface area contributed by atoms with Crippen LogP contribution in [-0.4, -0.2) is 41.9 Å². The smallest absolute Gasteiger partial charge is 0.226 e. The SMILES string of the molecule is COCCC(C)(O)CNC(=O)Cc1csc(C)n1. The van der Waals surface area contributed by atoms with E-state index in [2.05, 4.69) is 10.3 Å². The number of thiazole rings is 1. The van der Waals surface area contributed by atoms with Gasteiger partial charge in [0.15, 0.2) is 0 Å². The summed E-state index contributed by atoms with van der Waals surface area (Å²) in [5, 5.41) is 15.5. The number of aryl methyl sites for hydroxylation is 1.